The highest BCUT2D eigenvalue weighted by molar-refractivity contribution is 5.85. The predicted molar refractivity (Wildman–Crippen MR) is 104 cm³/mol. The van der Waals surface area contributed by atoms with Crippen LogP contribution in [0.4, 0.5) is 0 Å². The summed E-state index contributed by atoms with van der Waals surface area (Å²) in [6, 6.07) is 21.6. The minimum Gasteiger partial charge on any atom is -0.309 e. The average Bonchev–Trinajstić information content (AvgIpc) is 2.57. The first kappa shape index (κ1) is 20.2. The smallest absolute Gasteiger partial charge is 0.0837 e. The van der Waals surface area contributed by atoms with Gasteiger partial charge < -0.3 is 4.90 Å². The normalized spacial score (nSPS) is 13.0. The van der Waals surface area contributed by atoms with Crippen molar-refractivity contribution in [3.05, 3.63) is 71.3 Å². The molecule has 2 aromatic carbocycles. The fourth-order valence-electron chi connectivity index (χ4n) is 2.88. The third kappa shape index (κ3) is 5.37. The highest BCUT2D eigenvalue weighted by Crippen LogP contribution is 2.33. The molecule has 3 heteroatoms. The number of aryl methyl sites for hydroxylation is 2. The molecule has 0 saturated heterocycles. The Morgan fingerprint density at radius 3 is 2.12 bits per heavy atom. The molecular weight excluding hydrogens is 316 g/mol. The summed E-state index contributed by atoms with van der Waals surface area (Å²) in [5, 5.41) is 10.0. The summed E-state index contributed by atoms with van der Waals surface area (Å²) in [6.07, 6.45) is 2.63. The molecule has 0 fully saturated rings. The number of halogens is 1. The Morgan fingerprint density at radius 2 is 1.58 bits per heavy atom. The zero-order valence-corrected chi connectivity index (χ0v) is 15.6. The first-order valence-corrected chi connectivity index (χ1v) is 8.23. The molecule has 0 aromatic heterocycles. The molecule has 0 aliphatic rings. The Hall–Kier alpha value is -1.82. The van der Waals surface area contributed by atoms with Crippen LogP contribution in [0, 0.1) is 18.3 Å². The molecule has 0 radical (unpaired) electrons. The fourth-order valence-corrected chi connectivity index (χ4v) is 2.88. The Balaban J connectivity index is 0.00000288. The van der Waals surface area contributed by atoms with E-state index in [1.807, 2.05) is 6.07 Å². The third-order valence-electron chi connectivity index (χ3n) is 4.49. The molecule has 24 heavy (non-hydrogen) atoms. The van der Waals surface area contributed by atoms with Crippen molar-refractivity contribution in [1.82, 2.24) is 4.90 Å². The lowest BCUT2D eigenvalue weighted by Gasteiger charge is -2.29. The Labute approximate surface area is 152 Å². The van der Waals surface area contributed by atoms with E-state index in [1.54, 1.807) is 0 Å². The molecule has 0 aliphatic heterocycles. The van der Waals surface area contributed by atoms with Crippen LogP contribution in [0.2, 0.25) is 0 Å². The summed E-state index contributed by atoms with van der Waals surface area (Å²) in [7, 11) is 4.13. The number of hydrogen-bond acceptors (Lipinski definition) is 2. The lowest BCUT2D eigenvalue weighted by atomic mass is 9.74. The minimum absolute atomic E-state index is 0. The first-order chi connectivity index (χ1) is 11.1. The summed E-state index contributed by atoms with van der Waals surface area (Å²) in [6.45, 7) is 3.00. The van der Waals surface area contributed by atoms with Crippen LogP contribution >= 0.6 is 12.4 Å². The van der Waals surface area contributed by atoms with E-state index in [9.17, 15) is 5.26 Å². The Kier molecular flexibility index (Phi) is 7.98. The van der Waals surface area contributed by atoms with Crippen molar-refractivity contribution in [1.29, 1.82) is 5.26 Å². The topological polar surface area (TPSA) is 27.0 Å². The van der Waals surface area contributed by atoms with Gasteiger partial charge in [0, 0.05) is 0 Å². The highest BCUT2D eigenvalue weighted by atomic mass is 35.5. The minimum atomic E-state index is -0.423. The molecule has 0 bridgehead atoms. The van der Waals surface area contributed by atoms with Gasteiger partial charge >= 0.3 is 0 Å². The van der Waals surface area contributed by atoms with E-state index >= 15 is 0 Å². The van der Waals surface area contributed by atoms with E-state index < -0.39 is 5.41 Å². The lowest BCUT2D eigenvalue weighted by molar-refractivity contribution is 0.342. The molecule has 2 rings (SSSR count). The van der Waals surface area contributed by atoms with E-state index in [0.29, 0.717) is 0 Å². The molecule has 1 unspecified atom stereocenters. The maximum absolute atomic E-state index is 10.0. The van der Waals surface area contributed by atoms with Crippen molar-refractivity contribution >= 4 is 12.4 Å². The van der Waals surface area contributed by atoms with Crippen molar-refractivity contribution in [2.24, 2.45) is 0 Å². The van der Waals surface area contributed by atoms with Crippen molar-refractivity contribution in [2.75, 3.05) is 20.6 Å². The van der Waals surface area contributed by atoms with Gasteiger partial charge in [-0.1, -0.05) is 60.2 Å². The van der Waals surface area contributed by atoms with Gasteiger partial charge in [-0.3, -0.25) is 0 Å². The van der Waals surface area contributed by atoms with E-state index in [-0.39, 0.29) is 12.4 Å². The second-order valence-corrected chi connectivity index (χ2v) is 6.60. The Morgan fingerprint density at radius 1 is 0.958 bits per heavy atom. The fraction of sp³-hybridized carbons (Fsp3) is 0.381. The molecule has 0 N–H and O–H groups in total. The Bertz CT molecular complexity index is 644. The second kappa shape index (κ2) is 9.47. The van der Waals surface area contributed by atoms with Crippen LogP contribution in [0.5, 0.6) is 0 Å². The van der Waals surface area contributed by atoms with Crippen LogP contribution in [0.1, 0.15) is 29.5 Å². The van der Waals surface area contributed by atoms with E-state index in [1.165, 1.54) is 11.1 Å². The highest BCUT2D eigenvalue weighted by Gasteiger charge is 2.31. The largest absolute Gasteiger partial charge is 0.309 e. The monoisotopic (exact) mass is 342 g/mol. The molecule has 1 atom stereocenters. The molecule has 0 spiro atoms. The predicted octanol–water partition coefficient (Wildman–Crippen LogP) is 4.76. The van der Waals surface area contributed by atoms with Gasteiger partial charge in [0.1, 0.15) is 0 Å². The van der Waals surface area contributed by atoms with Crippen molar-refractivity contribution in [2.45, 2.75) is 31.6 Å². The summed E-state index contributed by atoms with van der Waals surface area (Å²) in [5.74, 6) is 0. The van der Waals surface area contributed by atoms with Crippen molar-refractivity contribution in [3.63, 3.8) is 0 Å². The van der Waals surface area contributed by atoms with Gasteiger partial charge in [-0.2, -0.15) is 5.26 Å². The van der Waals surface area contributed by atoms with Gasteiger partial charge in [-0.05, 0) is 58.0 Å². The first-order valence-electron chi connectivity index (χ1n) is 8.23. The zero-order chi connectivity index (χ0) is 16.7. The zero-order valence-electron chi connectivity index (χ0n) is 14.8. The third-order valence-corrected chi connectivity index (χ3v) is 4.49. The van der Waals surface area contributed by atoms with Crippen LogP contribution in [-0.4, -0.2) is 25.5 Å². The standard InChI is InChI=1S/C21H26N2.ClH/c1-18-9-11-20(12-10-18)21(17-22,15-16-23(2)3)14-13-19-7-5-4-6-8-19;/h4-12H,13-16H2,1-3H3;1H. The second-order valence-electron chi connectivity index (χ2n) is 6.60. The summed E-state index contributed by atoms with van der Waals surface area (Å²) >= 11 is 0. The average molecular weight is 343 g/mol. The number of benzene rings is 2. The summed E-state index contributed by atoms with van der Waals surface area (Å²) in [5.41, 5.74) is 3.25. The number of nitrogens with zero attached hydrogens (tertiary/aromatic N) is 2. The van der Waals surface area contributed by atoms with Gasteiger partial charge in [-0.25, -0.2) is 0 Å². The number of nitriles is 1. The van der Waals surface area contributed by atoms with Gasteiger partial charge in [0.05, 0.1) is 11.5 Å². The van der Waals surface area contributed by atoms with Gasteiger partial charge in [0.15, 0.2) is 0 Å². The van der Waals surface area contributed by atoms with E-state index in [0.717, 1.165) is 31.4 Å². The van der Waals surface area contributed by atoms with Crippen LogP contribution in [0.25, 0.3) is 0 Å². The molecule has 128 valence electrons. The van der Waals surface area contributed by atoms with E-state index in [2.05, 4.69) is 80.5 Å². The molecular formula is C21H27ClN2. The lowest BCUT2D eigenvalue weighted by Crippen LogP contribution is -2.30. The number of rotatable bonds is 7. The van der Waals surface area contributed by atoms with Crippen LogP contribution < -0.4 is 0 Å². The molecule has 0 amide bonds. The molecule has 2 aromatic rings. The van der Waals surface area contributed by atoms with Crippen molar-refractivity contribution < 1.29 is 0 Å². The number of hydrogen-bond donors (Lipinski definition) is 0. The molecule has 0 heterocycles. The molecule has 0 aliphatic carbocycles. The molecule has 0 saturated carbocycles. The van der Waals surface area contributed by atoms with Crippen LogP contribution in [-0.2, 0) is 11.8 Å². The molecule has 2 nitrogen and oxygen atoms in total. The van der Waals surface area contributed by atoms with Crippen molar-refractivity contribution in [3.8, 4) is 6.07 Å². The van der Waals surface area contributed by atoms with E-state index in [4.69, 9.17) is 0 Å². The van der Waals surface area contributed by atoms with Gasteiger partial charge in [0.25, 0.3) is 0 Å². The van der Waals surface area contributed by atoms with Gasteiger partial charge in [0.2, 0.25) is 0 Å². The van der Waals surface area contributed by atoms with Crippen LogP contribution in [0.3, 0.4) is 0 Å². The summed E-state index contributed by atoms with van der Waals surface area (Å²) in [4.78, 5) is 2.16. The summed E-state index contributed by atoms with van der Waals surface area (Å²) < 4.78 is 0. The maximum Gasteiger partial charge on any atom is 0.0837 e. The quantitative estimate of drug-likeness (QED) is 0.725. The van der Waals surface area contributed by atoms with Crippen LogP contribution in [0.15, 0.2) is 54.6 Å². The van der Waals surface area contributed by atoms with Gasteiger partial charge in [-0.15, -0.1) is 12.4 Å². The SMILES string of the molecule is Cc1ccc(C(C#N)(CCc2ccccc2)CCN(C)C)cc1.Cl. The maximum atomic E-state index is 10.0.